The summed E-state index contributed by atoms with van der Waals surface area (Å²) in [6.45, 7) is -0.0777. The summed E-state index contributed by atoms with van der Waals surface area (Å²) in [5.74, 6) is 0.928. The number of aromatic nitrogens is 1. The Balaban J connectivity index is 1.39. The number of hydrogen-bond acceptors (Lipinski definition) is 4. The zero-order valence-corrected chi connectivity index (χ0v) is 15.7. The number of hydrogen-bond donors (Lipinski definition) is 1. The molecular weight excluding hydrogens is 375 g/mol. The van der Waals surface area contributed by atoms with E-state index >= 15 is 0 Å². The molecule has 0 radical (unpaired) electrons. The van der Waals surface area contributed by atoms with E-state index in [1.54, 1.807) is 24.4 Å². The molecule has 0 saturated heterocycles. The number of rotatable bonds is 6. The molecule has 1 aliphatic carbocycles. The first kappa shape index (κ1) is 18.8. The van der Waals surface area contributed by atoms with Crippen LogP contribution in [0.3, 0.4) is 0 Å². The standard InChI is InChI=1S/C19H20Cl2N2O3/c20-13-4-9-17(16(21)11-13)25-12-18(24)23-14-5-7-15(8-6-14)26-19-3-1-2-10-22-19/h1-4,9-11,14-15H,5-8,12H2,(H,23,24). The summed E-state index contributed by atoms with van der Waals surface area (Å²) in [5, 5.41) is 3.91. The summed E-state index contributed by atoms with van der Waals surface area (Å²) in [4.78, 5) is 16.3. The van der Waals surface area contributed by atoms with E-state index in [2.05, 4.69) is 10.3 Å². The second-order valence-corrected chi connectivity index (χ2v) is 7.03. The number of carbonyl (C=O) groups is 1. The quantitative estimate of drug-likeness (QED) is 0.794. The van der Waals surface area contributed by atoms with Crippen molar-refractivity contribution in [3.8, 4) is 11.6 Å². The van der Waals surface area contributed by atoms with Gasteiger partial charge in [-0.15, -0.1) is 0 Å². The number of halogens is 2. The van der Waals surface area contributed by atoms with Gasteiger partial charge in [-0.1, -0.05) is 29.3 Å². The number of nitrogens with zero attached hydrogens (tertiary/aromatic N) is 1. The van der Waals surface area contributed by atoms with Crippen molar-refractivity contribution in [1.29, 1.82) is 0 Å². The van der Waals surface area contributed by atoms with Crippen LogP contribution < -0.4 is 14.8 Å². The molecule has 0 unspecified atom stereocenters. The van der Waals surface area contributed by atoms with E-state index in [0.717, 1.165) is 25.7 Å². The first-order valence-corrected chi connectivity index (χ1v) is 9.30. The maximum Gasteiger partial charge on any atom is 0.258 e. The van der Waals surface area contributed by atoms with Gasteiger partial charge in [0.05, 0.1) is 5.02 Å². The smallest absolute Gasteiger partial charge is 0.258 e. The van der Waals surface area contributed by atoms with E-state index in [0.29, 0.717) is 21.7 Å². The van der Waals surface area contributed by atoms with Gasteiger partial charge >= 0.3 is 0 Å². The molecule has 0 spiro atoms. The molecule has 1 aliphatic rings. The van der Waals surface area contributed by atoms with Crippen LogP contribution in [0.15, 0.2) is 42.6 Å². The van der Waals surface area contributed by atoms with Crippen molar-refractivity contribution in [3.05, 3.63) is 52.6 Å². The first-order valence-electron chi connectivity index (χ1n) is 8.55. The van der Waals surface area contributed by atoms with Crippen molar-refractivity contribution < 1.29 is 14.3 Å². The first-order chi connectivity index (χ1) is 12.6. The number of nitrogens with one attached hydrogen (secondary N) is 1. The highest BCUT2D eigenvalue weighted by atomic mass is 35.5. The second kappa shape index (κ2) is 9.10. The van der Waals surface area contributed by atoms with Crippen LogP contribution >= 0.6 is 23.2 Å². The Morgan fingerprint density at radius 2 is 1.96 bits per heavy atom. The molecule has 3 rings (SSSR count). The Morgan fingerprint density at radius 1 is 1.15 bits per heavy atom. The summed E-state index contributed by atoms with van der Waals surface area (Å²) in [7, 11) is 0. The molecule has 0 aliphatic heterocycles. The van der Waals surface area contributed by atoms with E-state index in [-0.39, 0.29) is 24.7 Å². The fraction of sp³-hybridized carbons (Fsp3) is 0.368. The van der Waals surface area contributed by atoms with Crippen molar-refractivity contribution in [2.45, 2.75) is 37.8 Å². The van der Waals surface area contributed by atoms with Crippen molar-refractivity contribution >= 4 is 29.1 Å². The largest absolute Gasteiger partial charge is 0.482 e. The molecule has 1 amide bonds. The molecule has 1 fully saturated rings. The summed E-state index contributed by atoms with van der Waals surface area (Å²) in [5.41, 5.74) is 0. The summed E-state index contributed by atoms with van der Waals surface area (Å²) >= 11 is 11.9. The number of ether oxygens (including phenoxy) is 2. The number of benzene rings is 1. The van der Waals surface area contributed by atoms with Crippen LogP contribution in [-0.4, -0.2) is 29.6 Å². The normalized spacial score (nSPS) is 19.6. The highest BCUT2D eigenvalue weighted by molar-refractivity contribution is 6.35. The second-order valence-electron chi connectivity index (χ2n) is 6.19. The number of pyridine rings is 1. The van der Waals surface area contributed by atoms with Crippen molar-refractivity contribution in [2.75, 3.05) is 6.61 Å². The molecule has 7 heteroatoms. The average Bonchev–Trinajstić information content (AvgIpc) is 2.63. The van der Waals surface area contributed by atoms with E-state index in [4.69, 9.17) is 32.7 Å². The van der Waals surface area contributed by atoms with Crippen LogP contribution in [0.25, 0.3) is 0 Å². The van der Waals surface area contributed by atoms with Gasteiger partial charge in [-0.25, -0.2) is 4.98 Å². The van der Waals surface area contributed by atoms with E-state index in [1.165, 1.54) is 0 Å². The topological polar surface area (TPSA) is 60.5 Å². The van der Waals surface area contributed by atoms with Crippen LogP contribution in [0.4, 0.5) is 0 Å². The summed E-state index contributed by atoms with van der Waals surface area (Å²) < 4.78 is 11.3. The predicted molar refractivity (Wildman–Crippen MR) is 101 cm³/mol. The molecule has 138 valence electrons. The molecule has 1 aromatic heterocycles. The third-order valence-corrected chi connectivity index (χ3v) is 4.75. The van der Waals surface area contributed by atoms with Gasteiger partial charge < -0.3 is 14.8 Å². The predicted octanol–water partition coefficient (Wildman–Crippen LogP) is 4.27. The molecule has 1 saturated carbocycles. The SMILES string of the molecule is O=C(COc1ccc(Cl)cc1Cl)NC1CCC(Oc2ccccn2)CC1. The molecule has 5 nitrogen and oxygen atoms in total. The molecule has 26 heavy (non-hydrogen) atoms. The molecular formula is C19H20Cl2N2O3. The average molecular weight is 395 g/mol. The maximum absolute atomic E-state index is 12.1. The molecule has 1 aromatic carbocycles. The molecule has 0 bridgehead atoms. The Labute approximate surface area is 162 Å². The van der Waals surface area contributed by atoms with Crippen LogP contribution in [0.5, 0.6) is 11.6 Å². The monoisotopic (exact) mass is 394 g/mol. The van der Waals surface area contributed by atoms with E-state index in [9.17, 15) is 4.79 Å². The Bertz CT molecular complexity index is 735. The van der Waals surface area contributed by atoms with E-state index in [1.807, 2.05) is 18.2 Å². The number of amides is 1. The minimum atomic E-state index is -0.162. The van der Waals surface area contributed by atoms with Gasteiger partial charge in [0.1, 0.15) is 11.9 Å². The Kier molecular flexibility index (Phi) is 6.58. The van der Waals surface area contributed by atoms with Crippen LogP contribution in [0, 0.1) is 0 Å². The highest BCUT2D eigenvalue weighted by Crippen LogP contribution is 2.27. The highest BCUT2D eigenvalue weighted by Gasteiger charge is 2.24. The van der Waals surface area contributed by atoms with Crippen molar-refractivity contribution in [3.63, 3.8) is 0 Å². The molecule has 2 aromatic rings. The molecule has 0 atom stereocenters. The molecule has 1 heterocycles. The van der Waals surface area contributed by atoms with Gasteiger partial charge in [-0.05, 0) is 49.9 Å². The van der Waals surface area contributed by atoms with Gasteiger partial charge in [0, 0.05) is 23.3 Å². The van der Waals surface area contributed by atoms with Gasteiger partial charge in [-0.3, -0.25) is 4.79 Å². The van der Waals surface area contributed by atoms with Crippen LogP contribution in [0.2, 0.25) is 10.0 Å². The lowest BCUT2D eigenvalue weighted by Gasteiger charge is -2.29. The molecule has 1 N–H and O–H groups in total. The maximum atomic E-state index is 12.1. The van der Waals surface area contributed by atoms with Gasteiger partial charge in [0.25, 0.3) is 5.91 Å². The summed E-state index contributed by atoms with van der Waals surface area (Å²) in [6, 6.07) is 10.7. The Morgan fingerprint density at radius 3 is 2.65 bits per heavy atom. The minimum absolute atomic E-state index is 0.0777. The fourth-order valence-electron chi connectivity index (χ4n) is 2.92. The summed E-state index contributed by atoms with van der Waals surface area (Å²) in [6.07, 6.45) is 5.35. The number of carbonyl (C=O) groups excluding carboxylic acids is 1. The third-order valence-electron chi connectivity index (χ3n) is 4.22. The van der Waals surface area contributed by atoms with Gasteiger partial charge in [0.15, 0.2) is 6.61 Å². The van der Waals surface area contributed by atoms with Crippen LogP contribution in [-0.2, 0) is 4.79 Å². The third kappa shape index (κ3) is 5.51. The van der Waals surface area contributed by atoms with E-state index < -0.39 is 0 Å². The zero-order valence-electron chi connectivity index (χ0n) is 14.2. The van der Waals surface area contributed by atoms with Crippen LogP contribution in [0.1, 0.15) is 25.7 Å². The lowest BCUT2D eigenvalue weighted by Crippen LogP contribution is -2.41. The fourth-order valence-corrected chi connectivity index (χ4v) is 3.38. The van der Waals surface area contributed by atoms with Gasteiger partial charge in [0.2, 0.25) is 5.88 Å². The van der Waals surface area contributed by atoms with Crippen molar-refractivity contribution in [2.24, 2.45) is 0 Å². The van der Waals surface area contributed by atoms with Gasteiger partial charge in [-0.2, -0.15) is 0 Å². The Hall–Kier alpha value is -1.98. The lowest BCUT2D eigenvalue weighted by atomic mass is 9.93. The minimum Gasteiger partial charge on any atom is -0.482 e. The van der Waals surface area contributed by atoms with Crippen molar-refractivity contribution in [1.82, 2.24) is 10.3 Å². The zero-order chi connectivity index (χ0) is 18.4. The lowest BCUT2D eigenvalue weighted by molar-refractivity contribution is -0.124.